The van der Waals surface area contributed by atoms with Gasteiger partial charge in [-0.1, -0.05) is 60.7 Å². The van der Waals surface area contributed by atoms with Crippen LogP contribution < -0.4 is 0 Å². The van der Waals surface area contributed by atoms with Gasteiger partial charge in [-0.25, -0.2) is 4.79 Å². The van der Waals surface area contributed by atoms with Crippen molar-refractivity contribution in [1.29, 1.82) is 0 Å². The van der Waals surface area contributed by atoms with Gasteiger partial charge in [-0.2, -0.15) is 0 Å². The molecular formula is C21H22N2O3. The summed E-state index contributed by atoms with van der Waals surface area (Å²) in [5.41, 5.74) is 1.61. The van der Waals surface area contributed by atoms with Gasteiger partial charge in [0, 0.05) is 6.54 Å². The monoisotopic (exact) mass is 350 g/mol. The highest BCUT2D eigenvalue weighted by Gasteiger charge is 2.60. The SMILES string of the molecule is CC1(C)[C@H](N2C(=O)OC[C@@H]2c2ccccc2)C(=O)N1Cc1ccccc1. The molecule has 2 heterocycles. The van der Waals surface area contributed by atoms with Crippen LogP contribution in [-0.4, -0.2) is 40.0 Å². The van der Waals surface area contributed by atoms with Gasteiger partial charge in [-0.05, 0) is 25.0 Å². The quantitative estimate of drug-likeness (QED) is 0.795. The Morgan fingerprint density at radius 1 is 1.00 bits per heavy atom. The molecule has 4 rings (SSSR count). The van der Waals surface area contributed by atoms with Crippen molar-refractivity contribution in [3.8, 4) is 0 Å². The summed E-state index contributed by atoms with van der Waals surface area (Å²) in [5.74, 6) is -0.0290. The second kappa shape index (κ2) is 6.16. The summed E-state index contributed by atoms with van der Waals surface area (Å²) in [6, 6.07) is 18.9. The van der Waals surface area contributed by atoms with Gasteiger partial charge in [0.2, 0.25) is 5.91 Å². The zero-order valence-corrected chi connectivity index (χ0v) is 15.0. The fourth-order valence-electron chi connectivity index (χ4n) is 3.97. The highest BCUT2D eigenvalue weighted by molar-refractivity contribution is 5.94. The van der Waals surface area contributed by atoms with Crippen molar-refractivity contribution in [3.05, 3.63) is 71.8 Å². The Balaban J connectivity index is 1.59. The van der Waals surface area contributed by atoms with Gasteiger partial charge in [0.15, 0.2) is 0 Å². The molecule has 0 unspecified atom stereocenters. The van der Waals surface area contributed by atoms with E-state index in [1.807, 2.05) is 79.4 Å². The third kappa shape index (κ3) is 2.55. The summed E-state index contributed by atoms with van der Waals surface area (Å²) < 4.78 is 5.30. The molecule has 0 bridgehead atoms. The van der Waals surface area contributed by atoms with Crippen LogP contribution in [0.25, 0.3) is 0 Å². The van der Waals surface area contributed by atoms with E-state index in [4.69, 9.17) is 4.74 Å². The number of benzene rings is 2. The van der Waals surface area contributed by atoms with Crippen molar-refractivity contribution in [2.75, 3.05) is 6.61 Å². The molecule has 0 aliphatic carbocycles. The molecule has 2 atom stereocenters. The lowest BCUT2D eigenvalue weighted by molar-refractivity contribution is -0.170. The van der Waals surface area contributed by atoms with E-state index in [-0.39, 0.29) is 18.6 Å². The van der Waals surface area contributed by atoms with Crippen molar-refractivity contribution < 1.29 is 14.3 Å². The van der Waals surface area contributed by atoms with Crippen molar-refractivity contribution in [2.45, 2.75) is 38.0 Å². The lowest BCUT2D eigenvalue weighted by atomic mass is 9.79. The smallest absolute Gasteiger partial charge is 0.411 e. The van der Waals surface area contributed by atoms with Gasteiger partial charge in [0.1, 0.15) is 12.6 Å². The molecule has 2 aliphatic heterocycles. The predicted molar refractivity (Wildman–Crippen MR) is 97.2 cm³/mol. The Morgan fingerprint density at radius 3 is 2.23 bits per heavy atom. The van der Waals surface area contributed by atoms with E-state index in [1.165, 1.54) is 0 Å². The van der Waals surface area contributed by atoms with Crippen LogP contribution in [0, 0.1) is 0 Å². The van der Waals surface area contributed by atoms with Gasteiger partial charge in [-0.3, -0.25) is 9.69 Å². The number of amides is 2. The molecule has 2 aromatic carbocycles. The first-order chi connectivity index (χ1) is 12.5. The van der Waals surface area contributed by atoms with Crippen LogP contribution in [0.4, 0.5) is 4.79 Å². The molecule has 2 amide bonds. The Labute approximate surface area is 153 Å². The molecule has 0 saturated carbocycles. The molecule has 0 aromatic heterocycles. The fraction of sp³-hybridized carbons (Fsp3) is 0.333. The van der Waals surface area contributed by atoms with E-state index in [1.54, 1.807) is 4.90 Å². The Kier molecular flexibility index (Phi) is 3.94. The van der Waals surface area contributed by atoms with Crippen LogP contribution >= 0.6 is 0 Å². The van der Waals surface area contributed by atoms with Crippen LogP contribution in [0.3, 0.4) is 0 Å². The molecule has 2 aliphatic rings. The number of nitrogens with zero attached hydrogens (tertiary/aromatic N) is 2. The maximum Gasteiger partial charge on any atom is 0.411 e. The average Bonchev–Trinajstić information content (AvgIpc) is 3.02. The van der Waals surface area contributed by atoms with E-state index in [9.17, 15) is 9.59 Å². The highest BCUT2D eigenvalue weighted by Crippen LogP contribution is 2.42. The lowest BCUT2D eigenvalue weighted by Crippen LogP contribution is -2.76. The van der Waals surface area contributed by atoms with Crippen molar-refractivity contribution >= 4 is 12.0 Å². The first kappa shape index (κ1) is 16.6. The first-order valence-corrected chi connectivity index (χ1v) is 8.85. The second-order valence-corrected chi connectivity index (χ2v) is 7.38. The van der Waals surface area contributed by atoms with E-state index >= 15 is 0 Å². The van der Waals surface area contributed by atoms with Crippen molar-refractivity contribution in [3.63, 3.8) is 0 Å². The second-order valence-electron chi connectivity index (χ2n) is 7.38. The summed E-state index contributed by atoms with van der Waals surface area (Å²) >= 11 is 0. The average molecular weight is 350 g/mol. The lowest BCUT2D eigenvalue weighted by Gasteiger charge is -2.57. The van der Waals surface area contributed by atoms with Gasteiger partial charge in [0.25, 0.3) is 0 Å². The number of hydrogen-bond acceptors (Lipinski definition) is 3. The maximum absolute atomic E-state index is 13.0. The van der Waals surface area contributed by atoms with Gasteiger partial charge < -0.3 is 9.64 Å². The van der Waals surface area contributed by atoms with E-state index < -0.39 is 17.7 Å². The summed E-state index contributed by atoms with van der Waals surface area (Å²) in [5, 5.41) is 0. The zero-order valence-electron chi connectivity index (χ0n) is 15.0. The standard InChI is InChI=1S/C21H22N2O3/c1-21(2)18(19(24)22(21)13-15-9-5-3-6-10-15)23-17(14-26-20(23)25)16-11-7-4-8-12-16/h3-12,17-18H,13-14H2,1-2H3/t17-,18-/m1/s1. The van der Waals surface area contributed by atoms with Crippen LogP contribution in [0.5, 0.6) is 0 Å². The number of carbonyl (C=O) groups is 2. The molecule has 26 heavy (non-hydrogen) atoms. The third-order valence-corrected chi connectivity index (χ3v) is 5.42. The molecule has 0 radical (unpaired) electrons. The van der Waals surface area contributed by atoms with Crippen LogP contribution in [0.1, 0.15) is 31.0 Å². The van der Waals surface area contributed by atoms with E-state index in [0.717, 1.165) is 11.1 Å². The number of likely N-dealkylation sites (tertiary alicyclic amines) is 1. The normalized spacial score (nSPS) is 24.4. The van der Waals surface area contributed by atoms with Gasteiger partial charge >= 0.3 is 6.09 Å². The van der Waals surface area contributed by atoms with Crippen LogP contribution in [0.15, 0.2) is 60.7 Å². The Bertz CT molecular complexity index is 820. The van der Waals surface area contributed by atoms with Gasteiger partial charge in [-0.15, -0.1) is 0 Å². The minimum Gasteiger partial charge on any atom is -0.447 e. The molecule has 2 fully saturated rings. The summed E-state index contributed by atoms with van der Waals surface area (Å²) in [4.78, 5) is 28.8. The summed E-state index contributed by atoms with van der Waals surface area (Å²) in [6.07, 6.45) is -0.412. The highest BCUT2D eigenvalue weighted by atomic mass is 16.6. The molecule has 5 nitrogen and oxygen atoms in total. The predicted octanol–water partition coefficient (Wildman–Crippen LogP) is 3.37. The molecule has 0 N–H and O–H groups in total. The van der Waals surface area contributed by atoms with Crippen molar-refractivity contribution in [2.24, 2.45) is 0 Å². The molecule has 0 spiro atoms. The number of rotatable bonds is 4. The maximum atomic E-state index is 13.0. The topological polar surface area (TPSA) is 49.9 Å². The number of cyclic esters (lactones) is 1. The molecule has 2 aromatic rings. The fourth-order valence-corrected chi connectivity index (χ4v) is 3.97. The minimum atomic E-state index is -0.508. The Hall–Kier alpha value is -2.82. The van der Waals surface area contributed by atoms with E-state index in [2.05, 4.69) is 0 Å². The van der Waals surface area contributed by atoms with Crippen LogP contribution in [0.2, 0.25) is 0 Å². The van der Waals surface area contributed by atoms with Crippen LogP contribution in [-0.2, 0) is 16.1 Å². The summed E-state index contributed by atoms with van der Waals surface area (Å²) in [6.45, 7) is 4.84. The molecule has 134 valence electrons. The molecule has 2 saturated heterocycles. The number of β-lactam (4-membered cyclic amide) rings is 1. The van der Waals surface area contributed by atoms with Gasteiger partial charge in [0.05, 0.1) is 11.6 Å². The third-order valence-electron chi connectivity index (χ3n) is 5.42. The largest absolute Gasteiger partial charge is 0.447 e. The molecular weight excluding hydrogens is 328 g/mol. The summed E-state index contributed by atoms with van der Waals surface area (Å²) in [7, 11) is 0. The molecule has 5 heteroatoms. The minimum absolute atomic E-state index is 0.0290. The van der Waals surface area contributed by atoms with E-state index in [0.29, 0.717) is 6.54 Å². The number of ether oxygens (including phenoxy) is 1. The first-order valence-electron chi connectivity index (χ1n) is 8.85. The van der Waals surface area contributed by atoms with Crippen molar-refractivity contribution in [1.82, 2.24) is 9.80 Å². The Morgan fingerprint density at radius 2 is 1.62 bits per heavy atom. The zero-order chi connectivity index (χ0) is 18.3. The number of carbonyl (C=O) groups excluding carboxylic acids is 2. The number of hydrogen-bond donors (Lipinski definition) is 0.